The fourth-order valence-electron chi connectivity index (χ4n) is 2.27. The van der Waals surface area contributed by atoms with Gasteiger partial charge in [-0.3, -0.25) is 9.17 Å². The van der Waals surface area contributed by atoms with Gasteiger partial charge in [0.05, 0.1) is 11.3 Å². The van der Waals surface area contributed by atoms with Gasteiger partial charge in [-0.2, -0.15) is 0 Å². The third kappa shape index (κ3) is 3.07. The normalized spacial score (nSPS) is 10.9. The number of benzene rings is 2. The molecule has 3 aromatic rings. The first kappa shape index (κ1) is 17.0. The lowest BCUT2D eigenvalue weighted by molar-refractivity contribution is 0.450. The number of aromatic amines is 1. The molecular formula is C16H10F3IN2OS. The van der Waals surface area contributed by atoms with Crippen LogP contribution < -0.4 is 10.9 Å². The summed E-state index contributed by atoms with van der Waals surface area (Å²) in [5.41, 5.74) is 0.606. The lowest BCUT2D eigenvalue weighted by atomic mass is 10.1. The monoisotopic (exact) mass is 462 g/mol. The second kappa shape index (κ2) is 6.60. The van der Waals surface area contributed by atoms with Crippen molar-refractivity contribution in [3.05, 3.63) is 66.6 Å². The van der Waals surface area contributed by atoms with Crippen molar-refractivity contribution >= 4 is 45.5 Å². The fourth-order valence-corrected chi connectivity index (χ4v) is 3.54. The number of hydrogen-bond donors (Lipinski definition) is 2. The van der Waals surface area contributed by atoms with Crippen molar-refractivity contribution in [2.24, 2.45) is 0 Å². The molecular weight excluding hydrogens is 452 g/mol. The number of rotatable bonds is 3. The van der Waals surface area contributed by atoms with Gasteiger partial charge in [-0.05, 0) is 59.3 Å². The molecule has 2 N–H and O–H groups in total. The highest BCUT2D eigenvalue weighted by Crippen LogP contribution is 2.35. The molecule has 24 heavy (non-hydrogen) atoms. The Balaban J connectivity index is 2.21. The summed E-state index contributed by atoms with van der Waals surface area (Å²) in [7, 11) is 0. The van der Waals surface area contributed by atoms with E-state index in [0.29, 0.717) is 5.69 Å². The first-order valence-corrected chi connectivity index (χ1v) is 8.71. The van der Waals surface area contributed by atoms with E-state index in [1.165, 1.54) is 5.38 Å². The standard InChI is InChI=1S/C16H10F3IN2OS/c1-7-4-8(20)2-3-12(7)21-15-9(10-6-24-22-16(10)23)5-11(17)13(18)14(15)19/h2-6,21H,1H3,(H,22,23). The molecule has 0 aliphatic heterocycles. The quantitative estimate of drug-likeness (QED) is 0.417. The summed E-state index contributed by atoms with van der Waals surface area (Å²) >= 11 is 3.13. The van der Waals surface area contributed by atoms with Gasteiger partial charge in [-0.25, -0.2) is 13.2 Å². The van der Waals surface area contributed by atoms with E-state index in [1.807, 2.05) is 6.07 Å². The second-order valence-corrected chi connectivity index (χ2v) is 6.99. The molecule has 0 amide bonds. The van der Waals surface area contributed by atoms with Gasteiger partial charge in [0.25, 0.3) is 5.56 Å². The Morgan fingerprint density at radius 2 is 1.88 bits per heavy atom. The second-order valence-electron chi connectivity index (χ2n) is 5.07. The Morgan fingerprint density at radius 1 is 1.12 bits per heavy atom. The van der Waals surface area contributed by atoms with E-state index in [9.17, 15) is 18.0 Å². The Morgan fingerprint density at radius 3 is 2.50 bits per heavy atom. The van der Waals surface area contributed by atoms with Crippen LogP contribution in [0, 0.1) is 27.9 Å². The number of nitrogens with one attached hydrogen (secondary N) is 2. The molecule has 0 fully saturated rings. The molecule has 0 saturated carbocycles. The first-order chi connectivity index (χ1) is 11.4. The highest BCUT2D eigenvalue weighted by Gasteiger charge is 2.22. The Bertz CT molecular complexity index is 984. The smallest absolute Gasteiger partial charge is 0.265 e. The van der Waals surface area contributed by atoms with Crippen molar-refractivity contribution in [3.63, 3.8) is 0 Å². The summed E-state index contributed by atoms with van der Waals surface area (Å²) in [5, 5.41) is 4.22. The van der Waals surface area contributed by atoms with E-state index in [1.54, 1.807) is 19.1 Å². The number of hydrogen-bond acceptors (Lipinski definition) is 3. The maximum Gasteiger partial charge on any atom is 0.265 e. The van der Waals surface area contributed by atoms with Crippen LogP contribution in [0.4, 0.5) is 24.5 Å². The van der Waals surface area contributed by atoms with Crippen LogP contribution in [0.3, 0.4) is 0 Å². The van der Waals surface area contributed by atoms with E-state index >= 15 is 0 Å². The van der Waals surface area contributed by atoms with E-state index in [2.05, 4.69) is 32.3 Å². The SMILES string of the molecule is Cc1cc(I)ccc1Nc1c(-c2cs[nH]c2=O)cc(F)c(F)c1F. The van der Waals surface area contributed by atoms with E-state index < -0.39 is 23.0 Å². The van der Waals surface area contributed by atoms with Crippen molar-refractivity contribution in [1.82, 2.24) is 4.37 Å². The van der Waals surface area contributed by atoms with Crippen molar-refractivity contribution in [2.75, 3.05) is 5.32 Å². The van der Waals surface area contributed by atoms with Crippen LogP contribution >= 0.6 is 34.1 Å². The minimum atomic E-state index is -1.59. The van der Waals surface area contributed by atoms with Gasteiger partial charge in [0, 0.05) is 20.2 Å². The molecule has 8 heteroatoms. The lowest BCUT2D eigenvalue weighted by Gasteiger charge is -2.15. The van der Waals surface area contributed by atoms with Gasteiger partial charge >= 0.3 is 0 Å². The summed E-state index contributed by atoms with van der Waals surface area (Å²) in [5.74, 6) is -4.30. The maximum absolute atomic E-state index is 14.4. The fraction of sp³-hybridized carbons (Fsp3) is 0.0625. The van der Waals surface area contributed by atoms with Crippen molar-refractivity contribution < 1.29 is 13.2 Å². The molecule has 2 aromatic carbocycles. The third-order valence-electron chi connectivity index (χ3n) is 3.47. The zero-order valence-corrected chi connectivity index (χ0v) is 15.2. The highest BCUT2D eigenvalue weighted by molar-refractivity contribution is 14.1. The van der Waals surface area contributed by atoms with Crippen LogP contribution in [-0.2, 0) is 0 Å². The van der Waals surface area contributed by atoms with Gasteiger partial charge in [-0.1, -0.05) is 11.5 Å². The van der Waals surface area contributed by atoms with Crippen LogP contribution in [0.2, 0.25) is 0 Å². The summed E-state index contributed by atoms with van der Waals surface area (Å²) < 4.78 is 45.2. The van der Waals surface area contributed by atoms with Crippen LogP contribution in [-0.4, -0.2) is 4.37 Å². The molecule has 0 saturated heterocycles. The Hall–Kier alpha value is -1.81. The molecule has 1 aromatic heterocycles. The molecule has 0 spiro atoms. The number of H-pyrrole nitrogens is 1. The Labute approximate surface area is 152 Å². The molecule has 0 atom stereocenters. The maximum atomic E-state index is 14.4. The van der Waals surface area contributed by atoms with Crippen LogP contribution in [0.5, 0.6) is 0 Å². The van der Waals surface area contributed by atoms with Gasteiger partial charge in [-0.15, -0.1) is 0 Å². The molecule has 1 heterocycles. The predicted molar refractivity (Wildman–Crippen MR) is 97.4 cm³/mol. The molecule has 0 aliphatic carbocycles. The number of aryl methyl sites for hydroxylation is 1. The third-order valence-corrected chi connectivity index (χ3v) is 4.80. The minimum absolute atomic E-state index is 0.0353. The highest BCUT2D eigenvalue weighted by atomic mass is 127. The molecule has 124 valence electrons. The number of anilines is 2. The van der Waals surface area contributed by atoms with Gasteiger partial charge in [0.1, 0.15) is 0 Å². The van der Waals surface area contributed by atoms with Gasteiger partial charge in [0.15, 0.2) is 17.5 Å². The predicted octanol–water partition coefficient (Wildman–Crippen LogP) is 5.18. The number of halogens is 4. The summed E-state index contributed by atoms with van der Waals surface area (Å²) in [6, 6.07) is 6.18. The lowest BCUT2D eigenvalue weighted by Crippen LogP contribution is -2.07. The summed E-state index contributed by atoms with van der Waals surface area (Å²) in [4.78, 5) is 11.8. The molecule has 0 unspecified atom stereocenters. The van der Waals surface area contributed by atoms with Crippen LogP contribution in [0.15, 0.2) is 34.4 Å². The van der Waals surface area contributed by atoms with E-state index in [0.717, 1.165) is 26.7 Å². The average Bonchev–Trinajstić information content (AvgIpc) is 2.95. The molecule has 0 bridgehead atoms. The van der Waals surface area contributed by atoms with E-state index in [4.69, 9.17) is 0 Å². The van der Waals surface area contributed by atoms with Gasteiger partial charge in [0.2, 0.25) is 0 Å². The largest absolute Gasteiger partial charge is 0.352 e. The zero-order chi connectivity index (χ0) is 17.4. The van der Waals surface area contributed by atoms with E-state index in [-0.39, 0.29) is 16.8 Å². The first-order valence-electron chi connectivity index (χ1n) is 6.75. The summed E-state index contributed by atoms with van der Waals surface area (Å²) in [6.07, 6.45) is 0. The minimum Gasteiger partial charge on any atom is -0.352 e. The molecule has 3 nitrogen and oxygen atoms in total. The van der Waals surface area contributed by atoms with Crippen molar-refractivity contribution in [2.45, 2.75) is 6.92 Å². The van der Waals surface area contributed by atoms with Gasteiger partial charge < -0.3 is 5.32 Å². The summed E-state index contributed by atoms with van der Waals surface area (Å²) in [6.45, 7) is 1.80. The van der Waals surface area contributed by atoms with Crippen molar-refractivity contribution in [1.29, 1.82) is 0 Å². The molecule has 0 aliphatic rings. The zero-order valence-electron chi connectivity index (χ0n) is 12.2. The molecule has 3 rings (SSSR count). The van der Waals surface area contributed by atoms with Crippen molar-refractivity contribution in [3.8, 4) is 11.1 Å². The average molecular weight is 462 g/mol. The Kier molecular flexibility index (Phi) is 4.68. The topological polar surface area (TPSA) is 44.9 Å². The molecule has 0 radical (unpaired) electrons. The van der Waals surface area contributed by atoms with Crippen LogP contribution in [0.25, 0.3) is 11.1 Å². The van der Waals surface area contributed by atoms with Crippen LogP contribution in [0.1, 0.15) is 5.56 Å². The number of aromatic nitrogens is 1.